The molecule has 1 N–H and O–H groups in total. The number of hydrogen-bond acceptors (Lipinski definition) is 9. The summed E-state index contributed by atoms with van der Waals surface area (Å²) < 4.78 is 62.4. The minimum absolute atomic E-state index is 0.0602. The molecule has 11 nitrogen and oxygen atoms in total. The first-order chi connectivity index (χ1) is 25.7. The number of piperidine rings is 1. The molecule has 0 radical (unpaired) electrons. The topological polar surface area (TPSA) is 130 Å². The van der Waals surface area contributed by atoms with Crippen LogP contribution < -0.4 is 9.47 Å². The van der Waals surface area contributed by atoms with E-state index in [0.717, 1.165) is 22.4 Å². The van der Waals surface area contributed by atoms with Gasteiger partial charge < -0.3 is 28.5 Å². The zero-order chi connectivity index (χ0) is 39.7. The molecule has 0 unspecified atom stereocenters. The summed E-state index contributed by atoms with van der Waals surface area (Å²) in [4.78, 5) is 14.8. The van der Waals surface area contributed by atoms with Crippen molar-refractivity contribution in [3.05, 3.63) is 89.5 Å². The summed E-state index contributed by atoms with van der Waals surface area (Å²) in [7, 11) is -2.04. The number of amides is 1. The van der Waals surface area contributed by atoms with E-state index in [2.05, 4.69) is 0 Å². The first-order valence-electron chi connectivity index (χ1n) is 18.7. The largest absolute Gasteiger partial charge is 0.496 e. The predicted octanol–water partition coefficient (Wildman–Crippen LogP) is 6.60. The van der Waals surface area contributed by atoms with Crippen LogP contribution in [0.4, 0.5) is 4.79 Å². The van der Waals surface area contributed by atoms with Gasteiger partial charge in [0.05, 0.1) is 63.2 Å². The standard InChI is InChI=1S/C41H59NO10SSi/c1-28(2)40(29(3)4)41(30(5)6,50-24-25-51-53(45,46)35-20-14-31(7)15-21-35)38(37(52-54)26-42(40)39(43)44)32-16-18-34(19-17-32)49-23-11-22-48-27-33-12-9-10-13-36(33)47-8/h9-10,12-21,28-30,37-38H,11,22-27H2,1-8,54H3,(H,43,44)/t37-,38-,41-/m1/s1. The van der Waals surface area contributed by atoms with Gasteiger partial charge in [-0.25, -0.2) is 4.79 Å². The maximum absolute atomic E-state index is 13.2. The number of benzene rings is 3. The molecule has 1 heterocycles. The van der Waals surface area contributed by atoms with E-state index in [1.807, 2.05) is 97.0 Å². The third kappa shape index (κ3) is 8.98. The lowest BCUT2D eigenvalue weighted by atomic mass is 9.52. The van der Waals surface area contributed by atoms with Gasteiger partial charge in [0, 0.05) is 17.9 Å². The van der Waals surface area contributed by atoms with E-state index >= 15 is 0 Å². The molecule has 1 amide bonds. The summed E-state index contributed by atoms with van der Waals surface area (Å²) in [5.41, 5.74) is 0.633. The van der Waals surface area contributed by atoms with E-state index in [1.54, 1.807) is 19.2 Å². The SMILES string of the molecule is COc1ccccc1COCCCOc1ccc([C@@H]2[C@H](O[SiH3])CN(C(=O)O)C(C(C)C)(C(C)C)[C@@]2(OCCOS(=O)(=O)c2ccc(C)cc2)C(C)C)cc1. The normalized spacial score (nSPS) is 20.2. The Morgan fingerprint density at radius 2 is 1.54 bits per heavy atom. The van der Waals surface area contributed by atoms with Crippen molar-refractivity contribution in [3.63, 3.8) is 0 Å². The van der Waals surface area contributed by atoms with Crippen molar-refractivity contribution in [1.82, 2.24) is 4.90 Å². The van der Waals surface area contributed by atoms with E-state index in [1.165, 1.54) is 17.0 Å². The Balaban J connectivity index is 1.61. The maximum atomic E-state index is 13.2. The summed E-state index contributed by atoms with van der Waals surface area (Å²) in [5.74, 6) is 0.443. The molecule has 13 heteroatoms. The second kappa shape index (κ2) is 18.9. The maximum Gasteiger partial charge on any atom is 0.407 e. The molecule has 1 saturated heterocycles. The van der Waals surface area contributed by atoms with Gasteiger partial charge in [-0.2, -0.15) is 8.42 Å². The quantitative estimate of drug-likeness (QED) is 0.0807. The van der Waals surface area contributed by atoms with Crippen LogP contribution in [0.2, 0.25) is 0 Å². The van der Waals surface area contributed by atoms with Crippen molar-refractivity contribution in [2.24, 2.45) is 17.8 Å². The third-order valence-corrected chi connectivity index (χ3v) is 12.7. The molecule has 298 valence electrons. The number of para-hydroxylation sites is 1. The van der Waals surface area contributed by atoms with Crippen molar-refractivity contribution in [2.45, 2.75) is 89.6 Å². The number of carbonyl (C=O) groups is 1. The number of rotatable bonds is 19. The molecule has 0 saturated carbocycles. The number of nitrogens with zero attached hydrogens (tertiary/aromatic N) is 1. The molecule has 0 aromatic heterocycles. The summed E-state index contributed by atoms with van der Waals surface area (Å²) in [6.07, 6.45) is -0.884. The average Bonchev–Trinajstić information content (AvgIpc) is 3.14. The third-order valence-electron chi connectivity index (χ3n) is 10.8. The molecule has 3 aromatic rings. The molecule has 54 heavy (non-hydrogen) atoms. The van der Waals surface area contributed by atoms with Gasteiger partial charge in [0.2, 0.25) is 0 Å². The Bertz CT molecular complexity index is 1740. The van der Waals surface area contributed by atoms with Gasteiger partial charge in [-0.15, -0.1) is 0 Å². The molecular formula is C41H59NO10SSi. The van der Waals surface area contributed by atoms with Gasteiger partial charge in [0.1, 0.15) is 27.6 Å². The summed E-state index contributed by atoms with van der Waals surface area (Å²) in [6.45, 7) is 15.3. The lowest BCUT2D eigenvalue weighted by Gasteiger charge is -2.68. The summed E-state index contributed by atoms with van der Waals surface area (Å²) in [6, 6.07) is 22.1. The monoisotopic (exact) mass is 785 g/mol. The van der Waals surface area contributed by atoms with Gasteiger partial charge in [-0.1, -0.05) is 89.6 Å². The van der Waals surface area contributed by atoms with Crippen LogP contribution in [0.25, 0.3) is 0 Å². The van der Waals surface area contributed by atoms with E-state index in [0.29, 0.717) is 42.5 Å². The van der Waals surface area contributed by atoms with Crippen LogP contribution in [-0.4, -0.2) is 92.3 Å². The molecule has 0 aliphatic carbocycles. The molecule has 1 aliphatic rings. The van der Waals surface area contributed by atoms with E-state index in [-0.39, 0.29) is 42.4 Å². The molecule has 1 fully saturated rings. The smallest absolute Gasteiger partial charge is 0.407 e. The van der Waals surface area contributed by atoms with Crippen molar-refractivity contribution in [1.29, 1.82) is 0 Å². The number of likely N-dealkylation sites (tertiary alicyclic amines) is 1. The molecule has 3 atom stereocenters. The first kappa shape index (κ1) is 43.3. The van der Waals surface area contributed by atoms with Crippen LogP contribution in [0, 0.1) is 24.7 Å². The Morgan fingerprint density at radius 1 is 0.889 bits per heavy atom. The van der Waals surface area contributed by atoms with Crippen LogP contribution >= 0.6 is 0 Å². The molecule has 1 aliphatic heterocycles. The molecule has 3 aromatic carbocycles. The fourth-order valence-electron chi connectivity index (χ4n) is 8.72. The molecule has 0 bridgehead atoms. The van der Waals surface area contributed by atoms with Crippen molar-refractivity contribution in [2.75, 3.05) is 40.1 Å². The predicted molar refractivity (Wildman–Crippen MR) is 212 cm³/mol. The number of methoxy groups -OCH3 is 1. The number of aryl methyl sites for hydroxylation is 1. The van der Waals surface area contributed by atoms with Gasteiger partial charge >= 0.3 is 6.09 Å². The van der Waals surface area contributed by atoms with Crippen LogP contribution in [-0.2, 0) is 34.8 Å². The summed E-state index contributed by atoms with van der Waals surface area (Å²) in [5, 5.41) is 10.8. The van der Waals surface area contributed by atoms with Gasteiger partial charge in [-0.3, -0.25) is 9.08 Å². The Morgan fingerprint density at radius 3 is 2.11 bits per heavy atom. The van der Waals surface area contributed by atoms with Crippen LogP contribution in [0.1, 0.15) is 70.6 Å². The number of carboxylic acid groups (broad SMARTS) is 1. The van der Waals surface area contributed by atoms with Crippen molar-refractivity contribution < 1.29 is 45.9 Å². The van der Waals surface area contributed by atoms with Crippen molar-refractivity contribution in [3.8, 4) is 11.5 Å². The summed E-state index contributed by atoms with van der Waals surface area (Å²) >= 11 is 0. The van der Waals surface area contributed by atoms with Gasteiger partial charge in [0.25, 0.3) is 10.1 Å². The minimum atomic E-state index is -4.05. The first-order valence-corrected chi connectivity index (χ1v) is 21.0. The van der Waals surface area contributed by atoms with Crippen molar-refractivity contribution >= 4 is 26.7 Å². The number of hydrogen-bond donors (Lipinski definition) is 1. The fourth-order valence-corrected chi connectivity index (χ4v) is 10.0. The zero-order valence-corrected chi connectivity index (χ0v) is 36.1. The highest BCUT2D eigenvalue weighted by atomic mass is 32.2. The van der Waals surface area contributed by atoms with Crippen LogP contribution in [0.5, 0.6) is 11.5 Å². The zero-order valence-electron chi connectivity index (χ0n) is 33.2. The van der Waals surface area contributed by atoms with E-state index in [9.17, 15) is 18.3 Å². The molecular weight excluding hydrogens is 727 g/mol. The van der Waals surface area contributed by atoms with Gasteiger partial charge in [-0.05, 0) is 60.6 Å². The Labute approximate surface area is 324 Å². The fraction of sp³-hybridized carbons (Fsp3) is 0.537. The second-order valence-electron chi connectivity index (χ2n) is 14.8. The van der Waals surface area contributed by atoms with Gasteiger partial charge in [0.15, 0.2) is 0 Å². The lowest BCUT2D eigenvalue weighted by molar-refractivity contribution is -0.253. The Hall–Kier alpha value is -3.46. The van der Waals surface area contributed by atoms with E-state index in [4.69, 9.17) is 27.6 Å². The van der Waals surface area contributed by atoms with Crippen LogP contribution in [0.15, 0.2) is 77.7 Å². The molecule has 0 spiro atoms. The average molecular weight is 786 g/mol. The lowest BCUT2D eigenvalue weighted by Crippen LogP contribution is -2.80. The number of ether oxygens (including phenoxy) is 4. The second-order valence-corrected chi connectivity index (χ2v) is 16.9. The highest BCUT2D eigenvalue weighted by Crippen LogP contribution is 2.59. The van der Waals surface area contributed by atoms with E-state index < -0.39 is 39.4 Å². The molecule has 4 rings (SSSR count). The minimum Gasteiger partial charge on any atom is -0.496 e. The Kier molecular flexibility index (Phi) is 15.2. The highest BCUT2D eigenvalue weighted by molar-refractivity contribution is 7.86. The highest BCUT2D eigenvalue weighted by Gasteiger charge is 2.69. The van der Waals surface area contributed by atoms with Crippen LogP contribution in [0.3, 0.4) is 0 Å².